The highest BCUT2D eigenvalue weighted by Gasteiger charge is 2.59. The standard InChI is InChI=1S/C19H15ClFN3O3S/c20-14-4-2-1-3-13(14)16-19(27-16,11-5-7-12(21)8-6-11)9-24-17(22-10-23-24)15(28)18(25)26/h1-8,10,15-16,28H,9H2,(H,25,26). The summed E-state index contributed by atoms with van der Waals surface area (Å²) in [6.45, 7) is 0.175. The van der Waals surface area contributed by atoms with Gasteiger partial charge in [0, 0.05) is 10.6 Å². The lowest BCUT2D eigenvalue weighted by atomic mass is 9.91. The third kappa shape index (κ3) is 3.28. The van der Waals surface area contributed by atoms with Crippen LogP contribution >= 0.6 is 24.2 Å². The summed E-state index contributed by atoms with van der Waals surface area (Å²) < 4.78 is 21.0. The number of carboxylic acids is 1. The van der Waals surface area contributed by atoms with Gasteiger partial charge < -0.3 is 9.84 Å². The molecule has 0 saturated carbocycles. The summed E-state index contributed by atoms with van der Waals surface area (Å²) in [4.78, 5) is 15.3. The number of thiol groups is 1. The van der Waals surface area contributed by atoms with Gasteiger partial charge in [-0.25, -0.2) is 14.1 Å². The highest BCUT2D eigenvalue weighted by atomic mass is 35.5. The van der Waals surface area contributed by atoms with E-state index in [4.69, 9.17) is 16.3 Å². The van der Waals surface area contributed by atoms with Crippen LogP contribution in [0.5, 0.6) is 0 Å². The zero-order valence-electron chi connectivity index (χ0n) is 14.4. The second-order valence-electron chi connectivity index (χ2n) is 6.43. The van der Waals surface area contributed by atoms with Gasteiger partial charge in [-0.3, -0.25) is 4.79 Å². The second kappa shape index (κ2) is 7.20. The van der Waals surface area contributed by atoms with Gasteiger partial charge in [-0.15, -0.1) is 0 Å². The number of aromatic nitrogens is 3. The van der Waals surface area contributed by atoms with Crippen molar-refractivity contribution in [3.05, 3.63) is 82.6 Å². The number of hydrogen-bond acceptors (Lipinski definition) is 5. The molecule has 2 aromatic carbocycles. The monoisotopic (exact) mass is 419 g/mol. The predicted octanol–water partition coefficient (Wildman–Crippen LogP) is 3.79. The molecule has 3 atom stereocenters. The number of halogens is 2. The maximum Gasteiger partial charge on any atom is 0.324 e. The van der Waals surface area contributed by atoms with Gasteiger partial charge in [-0.2, -0.15) is 17.7 Å². The van der Waals surface area contributed by atoms with E-state index in [1.54, 1.807) is 18.2 Å². The molecule has 1 aromatic heterocycles. The Morgan fingerprint density at radius 2 is 2.04 bits per heavy atom. The lowest BCUT2D eigenvalue weighted by molar-refractivity contribution is -0.136. The zero-order chi connectivity index (χ0) is 19.9. The smallest absolute Gasteiger partial charge is 0.324 e. The summed E-state index contributed by atoms with van der Waals surface area (Å²) in [5, 5.41) is 12.8. The molecule has 9 heteroatoms. The van der Waals surface area contributed by atoms with Crippen molar-refractivity contribution in [3.8, 4) is 0 Å². The van der Waals surface area contributed by atoms with Crippen LogP contribution < -0.4 is 0 Å². The van der Waals surface area contributed by atoms with E-state index in [-0.39, 0.29) is 18.2 Å². The van der Waals surface area contributed by atoms with Crippen molar-refractivity contribution in [2.24, 2.45) is 0 Å². The molecule has 3 unspecified atom stereocenters. The Kier molecular flexibility index (Phi) is 4.86. The Bertz CT molecular complexity index is 1030. The Morgan fingerprint density at radius 3 is 2.71 bits per heavy atom. The molecule has 6 nitrogen and oxygen atoms in total. The summed E-state index contributed by atoms with van der Waals surface area (Å²) in [5.41, 5.74) is 0.634. The number of carbonyl (C=O) groups is 1. The van der Waals surface area contributed by atoms with Crippen molar-refractivity contribution in [3.63, 3.8) is 0 Å². The molecular formula is C19H15ClFN3O3S. The highest BCUT2D eigenvalue weighted by Crippen LogP contribution is 2.59. The highest BCUT2D eigenvalue weighted by molar-refractivity contribution is 7.81. The van der Waals surface area contributed by atoms with E-state index in [2.05, 4.69) is 22.7 Å². The minimum Gasteiger partial charge on any atom is -0.480 e. The van der Waals surface area contributed by atoms with Crippen LogP contribution in [0, 0.1) is 5.82 Å². The Morgan fingerprint density at radius 1 is 1.32 bits per heavy atom. The van der Waals surface area contributed by atoms with E-state index in [0.29, 0.717) is 5.02 Å². The maximum atomic E-state index is 13.5. The van der Waals surface area contributed by atoms with Gasteiger partial charge in [0.2, 0.25) is 0 Å². The Hall–Kier alpha value is -2.42. The first-order valence-corrected chi connectivity index (χ1v) is 9.28. The molecule has 0 amide bonds. The van der Waals surface area contributed by atoms with Crippen LogP contribution in [0.2, 0.25) is 5.02 Å². The molecule has 1 aliphatic rings. The van der Waals surface area contributed by atoms with Crippen LogP contribution in [0.4, 0.5) is 4.39 Å². The number of aliphatic carboxylic acids is 1. The van der Waals surface area contributed by atoms with Gasteiger partial charge in [0.1, 0.15) is 23.8 Å². The fraction of sp³-hybridized carbons (Fsp3) is 0.211. The first kappa shape index (κ1) is 18.9. The Balaban J connectivity index is 1.75. The number of nitrogens with zero attached hydrogens (tertiary/aromatic N) is 3. The molecule has 2 heterocycles. The molecule has 1 N–H and O–H groups in total. The summed E-state index contributed by atoms with van der Waals surface area (Å²) in [6, 6.07) is 13.3. The van der Waals surface area contributed by atoms with Crippen molar-refractivity contribution >= 4 is 30.2 Å². The molecule has 4 rings (SSSR count). The van der Waals surface area contributed by atoms with E-state index < -0.39 is 22.9 Å². The fourth-order valence-corrected chi connectivity index (χ4v) is 3.72. The topological polar surface area (TPSA) is 80.5 Å². The first-order valence-electron chi connectivity index (χ1n) is 8.39. The Labute approximate surface area is 170 Å². The third-order valence-corrected chi connectivity index (χ3v) is 5.52. The number of ether oxygens (including phenoxy) is 1. The average molecular weight is 420 g/mol. The number of hydrogen-bond donors (Lipinski definition) is 2. The molecule has 0 bridgehead atoms. The van der Waals surface area contributed by atoms with Crippen LogP contribution in [-0.4, -0.2) is 25.8 Å². The molecule has 144 valence electrons. The molecule has 28 heavy (non-hydrogen) atoms. The van der Waals surface area contributed by atoms with Crippen molar-refractivity contribution < 1.29 is 19.0 Å². The van der Waals surface area contributed by atoms with Crippen LogP contribution in [0.1, 0.15) is 28.3 Å². The van der Waals surface area contributed by atoms with Gasteiger partial charge in [0.15, 0.2) is 11.1 Å². The first-order chi connectivity index (χ1) is 13.4. The summed E-state index contributed by atoms with van der Waals surface area (Å²) >= 11 is 10.4. The van der Waals surface area contributed by atoms with Crippen molar-refractivity contribution in [2.75, 3.05) is 0 Å². The molecule has 0 spiro atoms. The SMILES string of the molecule is O=C(O)C(S)c1ncnn1CC1(c2ccc(F)cc2)OC1c1ccccc1Cl. The minimum atomic E-state index is -1.13. The van der Waals surface area contributed by atoms with Gasteiger partial charge in [-0.05, 0) is 23.8 Å². The van der Waals surface area contributed by atoms with E-state index in [9.17, 15) is 14.3 Å². The van der Waals surface area contributed by atoms with E-state index in [1.807, 2.05) is 18.2 Å². The summed E-state index contributed by atoms with van der Waals surface area (Å²) in [6.07, 6.45) is 0.874. The quantitative estimate of drug-likeness (QED) is 0.469. The number of benzene rings is 2. The number of carboxylic acid groups (broad SMARTS) is 1. The van der Waals surface area contributed by atoms with Crippen molar-refractivity contribution in [2.45, 2.75) is 23.5 Å². The molecule has 1 fully saturated rings. The molecule has 0 radical (unpaired) electrons. The largest absolute Gasteiger partial charge is 0.480 e. The predicted molar refractivity (Wildman–Crippen MR) is 103 cm³/mol. The van der Waals surface area contributed by atoms with Gasteiger partial charge >= 0.3 is 5.97 Å². The third-order valence-electron chi connectivity index (χ3n) is 4.72. The van der Waals surface area contributed by atoms with Crippen molar-refractivity contribution in [1.29, 1.82) is 0 Å². The van der Waals surface area contributed by atoms with Crippen molar-refractivity contribution in [1.82, 2.24) is 14.8 Å². The van der Waals surface area contributed by atoms with Gasteiger partial charge in [0.05, 0.1) is 6.54 Å². The zero-order valence-corrected chi connectivity index (χ0v) is 16.0. The van der Waals surface area contributed by atoms with E-state index in [1.165, 1.54) is 23.1 Å². The van der Waals surface area contributed by atoms with E-state index in [0.717, 1.165) is 11.1 Å². The summed E-state index contributed by atoms with van der Waals surface area (Å²) in [5.74, 6) is -1.31. The van der Waals surface area contributed by atoms with Gasteiger partial charge in [-0.1, -0.05) is 41.9 Å². The normalized spacial score (nSPS) is 22.0. The van der Waals surface area contributed by atoms with Gasteiger partial charge in [0.25, 0.3) is 0 Å². The lowest BCUT2D eigenvalue weighted by Gasteiger charge is -2.17. The number of rotatable bonds is 6. The average Bonchev–Trinajstić information content (AvgIpc) is 3.20. The fourth-order valence-electron chi connectivity index (χ4n) is 3.28. The number of epoxide rings is 1. The minimum absolute atomic E-state index is 0.175. The maximum absolute atomic E-state index is 13.5. The second-order valence-corrected chi connectivity index (χ2v) is 7.36. The molecule has 1 aliphatic heterocycles. The van der Waals surface area contributed by atoms with E-state index >= 15 is 0 Å². The molecule has 1 saturated heterocycles. The van der Waals surface area contributed by atoms with Crippen LogP contribution in [0.15, 0.2) is 54.9 Å². The van der Waals surface area contributed by atoms with Crippen LogP contribution in [-0.2, 0) is 21.7 Å². The van der Waals surface area contributed by atoms with Crippen LogP contribution in [0.3, 0.4) is 0 Å². The molecule has 0 aliphatic carbocycles. The summed E-state index contributed by atoms with van der Waals surface area (Å²) in [7, 11) is 0. The molecular weight excluding hydrogens is 405 g/mol. The molecule has 3 aromatic rings. The lowest BCUT2D eigenvalue weighted by Crippen LogP contribution is -2.23. The van der Waals surface area contributed by atoms with Crippen LogP contribution in [0.25, 0.3) is 0 Å².